The van der Waals surface area contributed by atoms with E-state index >= 15 is 0 Å². The first-order valence-electron chi connectivity index (χ1n) is 12.2. The smallest absolute Gasteiger partial charge is 0.327 e. The summed E-state index contributed by atoms with van der Waals surface area (Å²) in [6.07, 6.45) is 3.56. The number of likely N-dealkylation sites (N-methyl/N-ethyl adjacent to an activating group) is 2. The highest BCUT2D eigenvalue weighted by Gasteiger charge is 2.52. The van der Waals surface area contributed by atoms with Gasteiger partial charge in [0.1, 0.15) is 17.0 Å². The number of Topliss-reactive ketones (excluding diaryl/α,β-unsaturated/α-hetero) is 1. The molecule has 11 heteroatoms. The molecule has 2 saturated heterocycles. The summed E-state index contributed by atoms with van der Waals surface area (Å²) in [6, 6.07) is -1.07. The Morgan fingerprint density at radius 3 is 2.26 bits per heavy atom. The monoisotopic (exact) mass is 510 g/mol. The molecule has 10 nitrogen and oxygen atoms in total. The Balaban J connectivity index is 1.83. The standard InChI is InChI=1S/C24H38N4O6S/c1-23(2)21(33)28(22(34)27(23)6)12-15(20(31)32)14(13-9-7-8-10-13)11-16(29)19-26-17(18(30)25-5)24(3,4)35-19/h13-15,17,19,26H,7-12H2,1-6H3,(H,25,30)(H,31,32)/t14?,15-,17?,19?/m1/s1. The van der Waals surface area contributed by atoms with Gasteiger partial charge in [0.05, 0.1) is 5.92 Å². The fourth-order valence-corrected chi connectivity index (χ4v) is 6.90. The number of amides is 4. The van der Waals surface area contributed by atoms with E-state index in [0.717, 1.165) is 30.6 Å². The van der Waals surface area contributed by atoms with Gasteiger partial charge in [-0.25, -0.2) is 4.79 Å². The van der Waals surface area contributed by atoms with Gasteiger partial charge in [0, 0.05) is 31.8 Å². The van der Waals surface area contributed by atoms with Crippen molar-refractivity contribution in [1.29, 1.82) is 0 Å². The fourth-order valence-electron chi connectivity index (χ4n) is 5.55. The lowest BCUT2D eigenvalue weighted by Crippen LogP contribution is -2.50. The predicted molar refractivity (Wildman–Crippen MR) is 132 cm³/mol. The quantitative estimate of drug-likeness (QED) is 0.399. The van der Waals surface area contributed by atoms with Crippen LogP contribution in [-0.4, -0.2) is 86.8 Å². The van der Waals surface area contributed by atoms with Crippen molar-refractivity contribution in [3.05, 3.63) is 0 Å². The highest BCUT2D eigenvalue weighted by atomic mass is 32.2. The number of hydrogen-bond acceptors (Lipinski definition) is 7. The van der Waals surface area contributed by atoms with Crippen molar-refractivity contribution in [2.24, 2.45) is 17.8 Å². The largest absolute Gasteiger partial charge is 0.481 e. The Labute approximate surface area is 210 Å². The van der Waals surface area contributed by atoms with E-state index in [1.807, 2.05) is 13.8 Å². The zero-order valence-electron chi connectivity index (χ0n) is 21.4. The minimum Gasteiger partial charge on any atom is -0.481 e. The lowest BCUT2D eigenvalue weighted by molar-refractivity contribution is -0.146. The van der Waals surface area contributed by atoms with Crippen molar-refractivity contribution >= 4 is 41.4 Å². The maximum absolute atomic E-state index is 13.4. The minimum absolute atomic E-state index is 0.0122. The number of imide groups is 1. The molecule has 196 valence electrons. The molecule has 2 aliphatic heterocycles. The zero-order chi connectivity index (χ0) is 26.3. The van der Waals surface area contributed by atoms with Crippen molar-refractivity contribution in [3.8, 4) is 0 Å². The van der Waals surface area contributed by atoms with E-state index in [1.54, 1.807) is 20.9 Å². The number of nitrogens with zero attached hydrogens (tertiary/aromatic N) is 2. The van der Waals surface area contributed by atoms with E-state index in [2.05, 4.69) is 10.6 Å². The Morgan fingerprint density at radius 1 is 1.17 bits per heavy atom. The maximum atomic E-state index is 13.4. The van der Waals surface area contributed by atoms with E-state index in [0.29, 0.717) is 0 Å². The number of rotatable bonds is 9. The van der Waals surface area contributed by atoms with E-state index < -0.39 is 51.4 Å². The lowest BCUT2D eigenvalue weighted by Gasteiger charge is -2.31. The second-order valence-electron chi connectivity index (χ2n) is 11.0. The van der Waals surface area contributed by atoms with E-state index in [4.69, 9.17) is 0 Å². The molecule has 4 atom stereocenters. The summed E-state index contributed by atoms with van der Waals surface area (Å²) in [6.45, 7) is 6.81. The molecule has 3 rings (SSSR count). The molecule has 4 amide bonds. The van der Waals surface area contributed by atoms with Gasteiger partial charge >= 0.3 is 12.0 Å². The van der Waals surface area contributed by atoms with Gasteiger partial charge in [-0.2, -0.15) is 0 Å². The molecule has 3 N–H and O–H groups in total. The summed E-state index contributed by atoms with van der Waals surface area (Å²) in [5.41, 5.74) is -1.05. The van der Waals surface area contributed by atoms with Crippen LogP contribution in [0.1, 0.15) is 59.8 Å². The molecule has 3 aliphatic rings. The van der Waals surface area contributed by atoms with Gasteiger partial charge in [-0.1, -0.05) is 25.7 Å². The number of aliphatic carboxylic acids is 1. The van der Waals surface area contributed by atoms with E-state index in [1.165, 1.54) is 23.7 Å². The summed E-state index contributed by atoms with van der Waals surface area (Å²) in [7, 11) is 3.08. The SMILES string of the molecule is CNC(=O)C1NC(C(=O)CC(C2CCCC2)[C@@H](CN2C(=O)N(C)C(C)(C)C2=O)C(=O)O)SC1(C)C. The first-order chi connectivity index (χ1) is 16.2. The van der Waals surface area contributed by atoms with Gasteiger partial charge in [-0.3, -0.25) is 29.4 Å². The van der Waals surface area contributed by atoms with Crippen molar-refractivity contribution in [1.82, 2.24) is 20.4 Å². The van der Waals surface area contributed by atoms with Crippen LogP contribution >= 0.6 is 11.8 Å². The lowest BCUT2D eigenvalue weighted by atomic mass is 9.77. The molecule has 3 fully saturated rings. The summed E-state index contributed by atoms with van der Waals surface area (Å²) >= 11 is 1.37. The van der Waals surface area contributed by atoms with Crippen LogP contribution in [0.15, 0.2) is 0 Å². The van der Waals surface area contributed by atoms with Gasteiger partial charge in [-0.15, -0.1) is 11.8 Å². The summed E-state index contributed by atoms with van der Waals surface area (Å²) in [5.74, 6) is -3.45. The number of carbonyl (C=O) groups excluding carboxylic acids is 4. The van der Waals surface area contributed by atoms with Gasteiger partial charge in [0.15, 0.2) is 5.78 Å². The first kappa shape index (κ1) is 27.4. The van der Waals surface area contributed by atoms with Crippen LogP contribution in [0.2, 0.25) is 0 Å². The molecule has 0 spiro atoms. The summed E-state index contributed by atoms with van der Waals surface area (Å²) < 4.78 is -0.514. The fraction of sp³-hybridized carbons (Fsp3) is 0.792. The Morgan fingerprint density at radius 2 is 1.77 bits per heavy atom. The van der Waals surface area contributed by atoms with Crippen LogP contribution in [0.4, 0.5) is 4.79 Å². The Hall–Kier alpha value is -2.14. The van der Waals surface area contributed by atoms with Crippen LogP contribution in [0, 0.1) is 17.8 Å². The molecule has 0 bridgehead atoms. The number of carboxylic acids is 1. The predicted octanol–water partition coefficient (Wildman–Crippen LogP) is 1.68. The number of urea groups is 1. The van der Waals surface area contributed by atoms with Gasteiger partial charge in [0.2, 0.25) is 5.91 Å². The Bertz CT molecular complexity index is 900. The van der Waals surface area contributed by atoms with Crippen molar-refractivity contribution in [2.75, 3.05) is 20.6 Å². The minimum atomic E-state index is -1.11. The van der Waals surface area contributed by atoms with Crippen LogP contribution in [0.25, 0.3) is 0 Å². The van der Waals surface area contributed by atoms with Gasteiger partial charge < -0.3 is 15.3 Å². The molecule has 3 unspecified atom stereocenters. The second kappa shape index (κ2) is 10.1. The Kier molecular flexibility index (Phi) is 7.91. The van der Waals surface area contributed by atoms with Crippen LogP contribution in [0.5, 0.6) is 0 Å². The molecule has 35 heavy (non-hydrogen) atoms. The number of carbonyl (C=O) groups is 5. The summed E-state index contributed by atoms with van der Waals surface area (Å²) in [4.78, 5) is 66.3. The van der Waals surface area contributed by atoms with Crippen molar-refractivity contribution < 1.29 is 29.1 Å². The average molecular weight is 511 g/mol. The van der Waals surface area contributed by atoms with Gasteiger partial charge in [0.25, 0.3) is 5.91 Å². The topological polar surface area (TPSA) is 136 Å². The molecule has 2 heterocycles. The number of carboxylic acid groups (broad SMARTS) is 1. The summed E-state index contributed by atoms with van der Waals surface area (Å²) in [5, 5.41) is 15.3. The highest BCUT2D eigenvalue weighted by molar-refractivity contribution is 8.02. The average Bonchev–Trinajstić information content (AvgIpc) is 3.46. The van der Waals surface area contributed by atoms with Gasteiger partial charge in [-0.05, 0) is 39.5 Å². The third-order valence-electron chi connectivity index (χ3n) is 8.02. The molecular formula is C24H38N4O6S. The van der Waals surface area contributed by atoms with E-state index in [9.17, 15) is 29.1 Å². The van der Waals surface area contributed by atoms with Crippen LogP contribution in [-0.2, 0) is 19.2 Å². The van der Waals surface area contributed by atoms with E-state index in [-0.39, 0.29) is 30.6 Å². The zero-order valence-corrected chi connectivity index (χ0v) is 22.2. The van der Waals surface area contributed by atoms with Crippen molar-refractivity contribution in [3.63, 3.8) is 0 Å². The molecule has 0 radical (unpaired) electrons. The molecule has 0 aromatic rings. The molecule has 0 aromatic carbocycles. The molecule has 0 aromatic heterocycles. The maximum Gasteiger partial charge on any atom is 0.327 e. The first-order valence-corrected chi connectivity index (χ1v) is 13.1. The van der Waals surface area contributed by atoms with Crippen LogP contribution in [0.3, 0.4) is 0 Å². The highest BCUT2D eigenvalue weighted by Crippen LogP contribution is 2.42. The molecule has 1 saturated carbocycles. The number of ketones is 1. The third-order valence-corrected chi connectivity index (χ3v) is 9.49. The number of thioether (sulfide) groups is 1. The molecular weight excluding hydrogens is 472 g/mol. The van der Waals surface area contributed by atoms with Crippen LogP contribution < -0.4 is 10.6 Å². The molecule has 1 aliphatic carbocycles. The number of nitrogens with one attached hydrogen (secondary N) is 2. The number of hydrogen-bond donors (Lipinski definition) is 3. The third kappa shape index (κ3) is 5.21. The second-order valence-corrected chi connectivity index (χ2v) is 12.7. The normalized spacial score (nSPS) is 27.8. The van der Waals surface area contributed by atoms with Crippen molar-refractivity contribution in [2.45, 2.75) is 81.5 Å².